The summed E-state index contributed by atoms with van der Waals surface area (Å²) in [4.78, 5) is 27.1. The highest BCUT2D eigenvalue weighted by molar-refractivity contribution is 7.91. The second-order valence-electron chi connectivity index (χ2n) is 6.49. The molecule has 1 aromatic rings. The Bertz CT molecular complexity index is 873. The Morgan fingerprint density at radius 2 is 1.67 bits per heavy atom. The molecule has 1 fully saturated rings. The molecule has 2 aliphatic heterocycles. The average Bonchev–Trinajstić information content (AvgIpc) is 2.69. The number of urea groups is 1. The Morgan fingerprint density at radius 1 is 1.07 bits per heavy atom. The third kappa shape index (κ3) is 3.54. The number of carbonyl (C=O) groups is 2. The van der Waals surface area contributed by atoms with Gasteiger partial charge >= 0.3 is 11.9 Å². The number of anilines is 1. The maximum atomic E-state index is 12.9. The van der Waals surface area contributed by atoms with Gasteiger partial charge in [-0.1, -0.05) is 0 Å². The summed E-state index contributed by atoms with van der Waals surface area (Å²) in [7, 11) is 0.438. The van der Waals surface area contributed by atoms with Crippen molar-refractivity contribution in [3.05, 3.63) is 24.3 Å². The largest absolute Gasteiger partial charge is 0.500 e. The number of carbonyl (C=O) groups excluding carboxylic acids is 2. The summed E-state index contributed by atoms with van der Waals surface area (Å²) < 4.78 is 33.5. The van der Waals surface area contributed by atoms with Crippen LogP contribution in [0.2, 0.25) is 0 Å². The van der Waals surface area contributed by atoms with Crippen LogP contribution >= 0.6 is 0 Å². The summed E-state index contributed by atoms with van der Waals surface area (Å²) in [5.41, 5.74) is 0.984. The van der Waals surface area contributed by atoms with E-state index in [0.29, 0.717) is 13.1 Å². The van der Waals surface area contributed by atoms with E-state index in [9.17, 15) is 18.0 Å². The maximum Gasteiger partial charge on any atom is 0.500 e. The molecule has 1 unspecified atom stereocenters. The molecule has 0 bridgehead atoms. The van der Waals surface area contributed by atoms with Crippen molar-refractivity contribution >= 4 is 33.9 Å². The standard InChI is InChI=1S/C17H23N4O5S/c1-18-12-15(16(22)19(2)17(18)23)27(24,25)21-10-8-20(9-11-21)13-4-6-14(26-3)7-5-13/h4-7,12,15H,8-11H2,1-3H3/q+1. The molecule has 0 saturated carbocycles. The van der Waals surface area contributed by atoms with E-state index in [1.54, 1.807) is 7.11 Å². The van der Waals surface area contributed by atoms with Crippen LogP contribution in [-0.2, 0) is 14.8 Å². The van der Waals surface area contributed by atoms with E-state index in [1.165, 1.54) is 24.6 Å². The summed E-state index contributed by atoms with van der Waals surface area (Å²) in [6.07, 6.45) is 1.18. The number of sulfonamides is 1. The molecule has 0 aromatic heterocycles. The van der Waals surface area contributed by atoms with E-state index in [-0.39, 0.29) is 13.1 Å². The zero-order chi connectivity index (χ0) is 19.8. The van der Waals surface area contributed by atoms with Crippen molar-refractivity contribution in [1.82, 2.24) is 9.21 Å². The molecule has 27 heavy (non-hydrogen) atoms. The zero-order valence-electron chi connectivity index (χ0n) is 15.5. The topological polar surface area (TPSA) is 90.2 Å². The number of nitrogens with zero attached hydrogens (tertiary/aromatic N) is 4. The van der Waals surface area contributed by atoms with Gasteiger partial charge in [0.1, 0.15) is 12.0 Å². The van der Waals surface area contributed by atoms with Gasteiger partial charge in [0.15, 0.2) is 0 Å². The first-order valence-corrected chi connectivity index (χ1v) is 10.0. The molecule has 1 saturated heterocycles. The minimum atomic E-state index is -3.89. The fourth-order valence-corrected chi connectivity index (χ4v) is 4.95. The first kappa shape index (κ1) is 19.3. The summed E-state index contributed by atoms with van der Waals surface area (Å²) in [6.45, 7) is 1.56. The van der Waals surface area contributed by atoms with Crippen LogP contribution in [0.4, 0.5) is 10.5 Å². The summed E-state index contributed by atoms with van der Waals surface area (Å²) in [5, 5.41) is -1.38. The highest BCUT2D eigenvalue weighted by atomic mass is 32.2. The smallest absolute Gasteiger partial charge is 0.497 e. The molecule has 0 N–H and O–H groups in total. The highest BCUT2D eigenvalue weighted by Gasteiger charge is 2.48. The van der Waals surface area contributed by atoms with Gasteiger partial charge < -0.3 is 9.64 Å². The molecule has 2 aliphatic rings. The van der Waals surface area contributed by atoms with Crippen molar-refractivity contribution in [3.8, 4) is 5.75 Å². The quantitative estimate of drug-likeness (QED) is 0.657. The monoisotopic (exact) mass is 395 g/mol. The van der Waals surface area contributed by atoms with Crippen LogP contribution in [0, 0.1) is 0 Å². The van der Waals surface area contributed by atoms with Crippen LogP contribution in [0.5, 0.6) is 5.75 Å². The van der Waals surface area contributed by atoms with Crippen molar-refractivity contribution in [2.75, 3.05) is 52.3 Å². The Balaban J connectivity index is 1.73. The molecule has 10 heteroatoms. The molecule has 3 amide bonds. The van der Waals surface area contributed by atoms with Gasteiger partial charge in [-0.15, -0.1) is 0 Å². The van der Waals surface area contributed by atoms with Crippen molar-refractivity contribution in [3.63, 3.8) is 0 Å². The summed E-state index contributed by atoms with van der Waals surface area (Å²) >= 11 is 0. The minimum absolute atomic E-state index is 0.271. The molecular weight excluding hydrogens is 372 g/mol. The van der Waals surface area contributed by atoms with Gasteiger partial charge in [-0.2, -0.15) is 14.0 Å². The Kier molecular flexibility index (Phi) is 5.20. The number of piperazine rings is 1. The van der Waals surface area contributed by atoms with Crippen LogP contribution in [-0.4, -0.2) is 93.0 Å². The Morgan fingerprint density at radius 3 is 2.22 bits per heavy atom. The second-order valence-corrected chi connectivity index (χ2v) is 8.54. The molecule has 0 radical (unpaired) electrons. The first-order chi connectivity index (χ1) is 12.8. The predicted octanol–water partition coefficient (Wildman–Crippen LogP) is -0.179. The lowest BCUT2D eigenvalue weighted by atomic mass is 10.2. The summed E-state index contributed by atoms with van der Waals surface area (Å²) in [6, 6.07) is 7.03. The van der Waals surface area contributed by atoms with Crippen LogP contribution < -0.4 is 9.64 Å². The van der Waals surface area contributed by atoms with Crippen LogP contribution in [0.25, 0.3) is 0 Å². The van der Waals surface area contributed by atoms with Gasteiger partial charge in [0.25, 0.3) is 0 Å². The molecule has 146 valence electrons. The van der Waals surface area contributed by atoms with E-state index >= 15 is 0 Å². The maximum absolute atomic E-state index is 12.9. The number of benzene rings is 1. The minimum Gasteiger partial charge on any atom is -0.497 e. The van der Waals surface area contributed by atoms with Crippen molar-refractivity contribution in [1.29, 1.82) is 0 Å². The van der Waals surface area contributed by atoms with E-state index in [2.05, 4.69) is 4.90 Å². The normalized spacial score (nSPS) is 22.0. The van der Waals surface area contributed by atoms with Crippen LogP contribution in [0.3, 0.4) is 0 Å². The second kappa shape index (κ2) is 7.28. The fraction of sp³-hybridized carbons (Fsp3) is 0.471. The predicted molar refractivity (Wildman–Crippen MR) is 99.9 cm³/mol. The van der Waals surface area contributed by atoms with Crippen molar-refractivity contribution in [2.45, 2.75) is 5.25 Å². The van der Waals surface area contributed by atoms with Gasteiger partial charge in [-0.25, -0.2) is 17.8 Å². The Labute approximate surface area is 158 Å². The molecule has 0 spiro atoms. The number of hydrogen-bond donors (Lipinski definition) is 0. The Hall–Kier alpha value is -2.46. The SMILES string of the molecule is COc1ccc(N2CCN(S(=O)(=O)C3C=[N+](C)C(=O)N(C)C3=O)CC2)cc1. The van der Waals surface area contributed by atoms with Gasteiger partial charge in [0.05, 0.1) is 21.2 Å². The van der Waals surface area contributed by atoms with Crippen molar-refractivity contribution in [2.24, 2.45) is 0 Å². The number of hydrogen-bond acceptors (Lipinski definition) is 6. The highest BCUT2D eigenvalue weighted by Crippen LogP contribution is 2.22. The first-order valence-electron chi connectivity index (χ1n) is 8.53. The lowest BCUT2D eigenvalue weighted by Crippen LogP contribution is -2.58. The molecule has 2 heterocycles. The van der Waals surface area contributed by atoms with Gasteiger partial charge in [-0.05, 0) is 24.3 Å². The van der Waals surface area contributed by atoms with E-state index in [4.69, 9.17) is 4.74 Å². The lowest BCUT2D eigenvalue weighted by molar-refractivity contribution is -0.399. The molecule has 1 atom stereocenters. The van der Waals surface area contributed by atoms with Crippen LogP contribution in [0.1, 0.15) is 0 Å². The van der Waals surface area contributed by atoms with Crippen molar-refractivity contribution < 1.29 is 27.3 Å². The summed E-state index contributed by atoms with van der Waals surface area (Å²) in [5.74, 6) is 0.0322. The molecule has 9 nitrogen and oxygen atoms in total. The molecular formula is C17H23N4O5S+. The number of methoxy groups -OCH3 is 1. The van der Waals surface area contributed by atoms with E-state index in [1.807, 2.05) is 24.3 Å². The van der Waals surface area contributed by atoms with Gasteiger partial charge in [-0.3, -0.25) is 0 Å². The zero-order valence-corrected chi connectivity index (χ0v) is 16.3. The van der Waals surface area contributed by atoms with Crippen LogP contribution in [0.15, 0.2) is 24.3 Å². The van der Waals surface area contributed by atoms with E-state index in [0.717, 1.165) is 20.9 Å². The van der Waals surface area contributed by atoms with Gasteiger partial charge in [0.2, 0.25) is 15.3 Å². The average molecular weight is 395 g/mol. The lowest BCUT2D eigenvalue weighted by Gasteiger charge is -2.36. The number of amides is 3. The third-order valence-corrected chi connectivity index (χ3v) is 6.93. The third-order valence-electron chi connectivity index (χ3n) is 4.88. The number of rotatable bonds is 4. The molecule has 0 aliphatic carbocycles. The molecule has 3 rings (SSSR count). The number of imide groups is 1. The van der Waals surface area contributed by atoms with Gasteiger partial charge in [0, 0.05) is 31.9 Å². The number of ether oxygens (including phenoxy) is 1. The fourth-order valence-electron chi connectivity index (χ4n) is 3.21. The van der Waals surface area contributed by atoms with E-state index < -0.39 is 27.2 Å². The molecule has 1 aromatic carbocycles.